The molecule has 2 fully saturated rings. The standard InChI is InChI=1S/C30H35N3O4S/c1-30(2)36-26-16-21(15-25(35-3)28(26)37-30)29(34)32(17-23-13-8-14-33(23)22-11-7-12-22)18-27-31-24(19-38-27)20-9-5-4-6-10-20/h4-6,9-10,15-16,19,22-23H,7-8,11-14,17-18H2,1-3H3/t23-/m0/s1. The van der Waals surface area contributed by atoms with E-state index in [2.05, 4.69) is 22.4 Å². The van der Waals surface area contributed by atoms with Crippen molar-refractivity contribution in [1.29, 1.82) is 0 Å². The Bertz CT molecular complexity index is 1300. The Morgan fingerprint density at radius 3 is 2.71 bits per heavy atom. The van der Waals surface area contributed by atoms with Crippen molar-refractivity contribution in [2.45, 2.75) is 70.4 Å². The van der Waals surface area contributed by atoms with E-state index in [1.54, 1.807) is 30.6 Å². The summed E-state index contributed by atoms with van der Waals surface area (Å²) >= 11 is 1.61. The monoisotopic (exact) mass is 533 g/mol. The molecular weight excluding hydrogens is 498 g/mol. The molecule has 0 unspecified atom stereocenters. The maximum atomic E-state index is 14.1. The maximum Gasteiger partial charge on any atom is 0.254 e. The van der Waals surface area contributed by atoms with Crippen molar-refractivity contribution in [3.05, 3.63) is 58.4 Å². The van der Waals surface area contributed by atoms with Crippen molar-refractivity contribution in [1.82, 2.24) is 14.8 Å². The number of aromatic nitrogens is 1. The van der Waals surface area contributed by atoms with E-state index in [1.807, 2.05) is 36.9 Å². The zero-order chi connectivity index (χ0) is 26.3. The van der Waals surface area contributed by atoms with Crippen LogP contribution in [0.15, 0.2) is 47.8 Å². The number of methoxy groups -OCH3 is 1. The summed E-state index contributed by atoms with van der Waals surface area (Å²) in [5.74, 6) is 0.735. The van der Waals surface area contributed by atoms with Crippen molar-refractivity contribution in [3.63, 3.8) is 0 Å². The minimum atomic E-state index is -0.807. The normalized spacial score (nSPS) is 20.3. The second kappa shape index (κ2) is 10.2. The number of rotatable bonds is 8. The van der Waals surface area contributed by atoms with Crippen molar-refractivity contribution in [2.75, 3.05) is 20.2 Å². The van der Waals surface area contributed by atoms with E-state index in [1.165, 1.54) is 25.7 Å². The van der Waals surface area contributed by atoms with Crippen LogP contribution in [-0.2, 0) is 6.54 Å². The molecule has 6 rings (SSSR count). The van der Waals surface area contributed by atoms with E-state index in [0.29, 0.717) is 48.0 Å². The van der Waals surface area contributed by atoms with Crippen LogP contribution in [0.1, 0.15) is 61.3 Å². The molecule has 3 heterocycles. The van der Waals surface area contributed by atoms with E-state index in [-0.39, 0.29) is 5.91 Å². The van der Waals surface area contributed by atoms with Crippen LogP contribution in [0, 0.1) is 0 Å². The number of ether oxygens (including phenoxy) is 3. The van der Waals surface area contributed by atoms with Crippen LogP contribution in [0.5, 0.6) is 17.2 Å². The molecule has 3 aromatic rings. The summed E-state index contributed by atoms with van der Waals surface area (Å²) in [6.45, 7) is 5.97. The lowest BCUT2D eigenvalue weighted by atomic mass is 9.91. The number of hydrogen-bond acceptors (Lipinski definition) is 7. The number of likely N-dealkylation sites (tertiary alicyclic amines) is 1. The number of fused-ring (bicyclic) bond motifs is 1. The third kappa shape index (κ3) is 4.99. The van der Waals surface area contributed by atoms with E-state index in [0.717, 1.165) is 29.2 Å². The molecule has 200 valence electrons. The van der Waals surface area contributed by atoms with Crippen LogP contribution in [0.2, 0.25) is 0 Å². The van der Waals surface area contributed by atoms with Gasteiger partial charge in [0.25, 0.3) is 5.91 Å². The lowest BCUT2D eigenvalue weighted by molar-refractivity contribution is -0.0439. The first-order valence-corrected chi connectivity index (χ1v) is 14.4. The summed E-state index contributed by atoms with van der Waals surface area (Å²) < 4.78 is 17.5. The SMILES string of the molecule is COc1cc(C(=O)N(Cc2nc(-c3ccccc3)cs2)C[C@@H]2CCCN2C2CCC2)cc2c1OC(C)(C)O2. The van der Waals surface area contributed by atoms with Crippen molar-refractivity contribution < 1.29 is 19.0 Å². The lowest BCUT2D eigenvalue weighted by Gasteiger charge is -2.40. The third-order valence-electron chi connectivity index (χ3n) is 7.82. The van der Waals surface area contributed by atoms with Gasteiger partial charge in [0.15, 0.2) is 11.5 Å². The van der Waals surface area contributed by atoms with Crippen LogP contribution in [0.4, 0.5) is 0 Å². The molecule has 1 atom stereocenters. The van der Waals surface area contributed by atoms with Gasteiger partial charge in [-0.1, -0.05) is 36.8 Å². The molecule has 38 heavy (non-hydrogen) atoms. The number of nitrogens with zero attached hydrogens (tertiary/aromatic N) is 3. The van der Waals surface area contributed by atoms with Crippen LogP contribution < -0.4 is 14.2 Å². The minimum absolute atomic E-state index is 0.0451. The number of benzene rings is 2. The van der Waals surface area contributed by atoms with Gasteiger partial charge in [-0.05, 0) is 44.4 Å². The quantitative estimate of drug-likeness (QED) is 0.355. The first-order chi connectivity index (χ1) is 18.4. The second-order valence-corrected chi connectivity index (χ2v) is 11.8. The molecule has 7 nitrogen and oxygen atoms in total. The second-order valence-electron chi connectivity index (χ2n) is 10.9. The summed E-state index contributed by atoms with van der Waals surface area (Å²) in [6, 6.07) is 14.8. The summed E-state index contributed by atoms with van der Waals surface area (Å²) in [5, 5.41) is 3.01. The average molecular weight is 534 g/mol. The number of hydrogen-bond donors (Lipinski definition) is 0. The molecule has 1 amide bonds. The van der Waals surface area contributed by atoms with E-state index < -0.39 is 5.79 Å². The van der Waals surface area contributed by atoms with Gasteiger partial charge < -0.3 is 19.1 Å². The molecule has 1 aromatic heterocycles. The van der Waals surface area contributed by atoms with Crippen LogP contribution in [-0.4, -0.2) is 58.8 Å². The molecule has 0 N–H and O–H groups in total. The molecule has 0 spiro atoms. The Balaban J connectivity index is 1.29. The zero-order valence-corrected chi connectivity index (χ0v) is 23.1. The highest BCUT2D eigenvalue weighted by atomic mass is 32.1. The minimum Gasteiger partial charge on any atom is -0.493 e. The predicted octanol–water partition coefficient (Wildman–Crippen LogP) is 5.99. The van der Waals surface area contributed by atoms with E-state index >= 15 is 0 Å². The Morgan fingerprint density at radius 2 is 1.97 bits per heavy atom. The molecule has 1 saturated heterocycles. The van der Waals surface area contributed by atoms with Crippen LogP contribution >= 0.6 is 11.3 Å². The van der Waals surface area contributed by atoms with Gasteiger partial charge >= 0.3 is 0 Å². The molecule has 2 aliphatic heterocycles. The predicted molar refractivity (Wildman–Crippen MR) is 148 cm³/mol. The van der Waals surface area contributed by atoms with Crippen LogP contribution in [0.3, 0.4) is 0 Å². The van der Waals surface area contributed by atoms with Gasteiger partial charge in [-0.2, -0.15) is 0 Å². The number of amides is 1. The van der Waals surface area contributed by atoms with Crippen molar-refractivity contribution >= 4 is 17.2 Å². The summed E-state index contributed by atoms with van der Waals surface area (Å²) in [5.41, 5.74) is 2.57. The first-order valence-electron chi connectivity index (χ1n) is 13.5. The molecule has 8 heteroatoms. The molecular formula is C30H35N3O4S. The summed E-state index contributed by atoms with van der Waals surface area (Å²) in [7, 11) is 1.59. The Morgan fingerprint density at radius 1 is 1.16 bits per heavy atom. The van der Waals surface area contributed by atoms with E-state index in [9.17, 15) is 4.79 Å². The molecule has 0 radical (unpaired) electrons. The highest BCUT2D eigenvalue weighted by Crippen LogP contribution is 2.47. The Labute approximate surface area is 228 Å². The molecule has 3 aliphatic rings. The Hall–Kier alpha value is -3.10. The van der Waals surface area contributed by atoms with Gasteiger partial charge in [-0.15, -0.1) is 11.3 Å². The van der Waals surface area contributed by atoms with Gasteiger partial charge in [-0.3, -0.25) is 9.69 Å². The summed E-state index contributed by atoms with van der Waals surface area (Å²) in [4.78, 5) is 23.7. The van der Waals surface area contributed by atoms with Gasteiger partial charge in [0.1, 0.15) is 5.01 Å². The van der Waals surface area contributed by atoms with Crippen LogP contribution in [0.25, 0.3) is 11.3 Å². The highest BCUT2D eigenvalue weighted by Gasteiger charge is 2.38. The van der Waals surface area contributed by atoms with Gasteiger partial charge in [0, 0.05) is 49.0 Å². The fourth-order valence-electron chi connectivity index (χ4n) is 5.76. The average Bonchev–Trinajstić information content (AvgIpc) is 3.60. The Kier molecular flexibility index (Phi) is 6.78. The molecule has 0 bridgehead atoms. The maximum absolute atomic E-state index is 14.1. The summed E-state index contributed by atoms with van der Waals surface area (Å²) in [6.07, 6.45) is 6.15. The fourth-order valence-corrected chi connectivity index (χ4v) is 6.58. The van der Waals surface area contributed by atoms with Gasteiger partial charge in [0.2, 0.25) is 11.5 Å². The first kappa shape index (κ1) is 25.2. The lowest BCUT2D eigenvalue weighted by Crippen LogP contribution is -2.48. The van der Waals surface area contributed by atoms with Gasteiger partial charge in [0.05, 0.1) is 19.3 Å². The van der Waals surface area contributed by atoms with Gasteiger partial charge in [-0.25, -0.2) is 4.98 Å². The zero-order valence-electron chi connectivity index (χ0n) is 22.3. The fraction of sp³-hybridized carbons (Fsp3) is 0.467. The highest BCUT2D eigenvalue weighted by molar-refractivity contribution is 7.09. The molecule has 1 aliphatic carbocycles. The number of carbonyl (C=O) groups excluding carboxylic acids is 1. The van der Waals surface area contributed by atoms with E-state index in [4.69, 9.17) is 19.2 Å². The topological polar surface area (TPSA) is 64.1 Å². The number of thiazole rings is 1. The van der Waals surface area contributed by atoms with Crippen molar-refractivity contribution in [3.8, 4) is 28.5 Å². The third-order valence-corrected chi connectivity index (χ3v) is 8.66. The molecule has 1 saturated carbocycles. The van der Waals surface area contributed by atoms with Crippen molar-refractivity contribution in [2.24, 2.45) is 0 Å². The molecule has 2 aromatic carbocycles. The number of carbonyl (C=O) groups is 1. The smallest absolute Gasteiger partial charge is 0.254 e. The largest absolute Gasteiger partial charge is 0.493 e.